The lowest BCUT2D eigenvalue weighted by Gasteiger charge is -2.12. The van der Waals surface area contributed by atoms with Crippen LogP contribution in [0.3, 0.4) is 0 Å². The second-order valence-electron chi connectivity index (χ2n) is 5.06. The Labute approximate surface area is 119 Å². The molecule has 0 aliphatic heterocycles. The SMILES string of the molecule is Cc1ccc(C(=O)Nc2cc(C)c(N)cc2C)c(C)n1. The van der Waals surface area contributed by atoms with E-state index in [0.29, 0.717) is 5.56 Å². The molecular formula is C16H19N3O. The highest BCUT2D eigenvalue weighted by Gasteiger charge is 2.12. The van der Waals surface area contributed by atoms with E-state index in [9.17, 15) is 4.79 Å². The summed E-state index contributed by atoms with van der Waals surface area (Å²) in [6.07, 6.45) is 0. The Bertz CT molecular complexity index is 678. The molecule has 2 aromatic rings. The molecule has 0 saturated heterocycles. The molecule has 1 aromatic carbocycles. The second-order valence-corrected chi connectivity index (χ2v) is 5.06. The van der Waals surface area contributed by atoms with Crippen molar-refractivity contribution >= 4 is 17.3 Å². The molecule has 0 atom stereocenters. The van der Waals surface area contributed by atoms with Gasteiger partial charge in [0.15, 0.2) is 0 Å². The van der Waals surface area contributed by atoms with Crippen LogP contribution in [0.5, 0.6) is 0 Å². The number of nitrogens with one attached hydrogen (secondary N) is 1. The molecular weight excluding hydrogens is 250 g/mol. The summed E-state index contributed by atoms with van der Waals surface area (Å²) in [5.41, 5.74) is 11.5. The van der Waals surface area contributed by atoms with E-state index in [-0.39, 0.29) is 5.91 Å². The number of pyridine rings is 1. The zero-order chi connectivity index (χ0) is 14.9. The van der Waals surface area contributed by atoms with E-state index in [2.05, 4.69) is 10.3 Å². The fraction of sp³-hybridized carbons (Fsp3) is 0.250. The molecule has 0 fully saturated rings. The molecule has 4 nitrogen and oxygen atoms in total. The lowest BCUT2D eigenvalue weighted by Crippen LogP contribution is -2.15. The first kappa shape index (κ1) is 14.1. The third-order valence-electron chi connectivity index (χ3n) is 3.33. The Hall–Kier alpha value is -2.36. The van der Waals surface area contributed by atoms with Crippen LogP contribution >= 0.6 is 0 Å². The number of carbonyl (C=O) groups excluding carboxylic acids is 1. The number of benzene rings is 1. The van der Waals surface area contributed by atoms with Crippen LogP contribution in [0.4, 0.5) is 11.4 Å². The number of nitrogen functional groups attached to an aromatic ring is 1. The van der Waals surface area contributed by atoms with Crippen molar-refractivity contribution in [1.29, 1.82) is 0 Å². The van der Waals surface area contributed by atoms with E-state index in [0.717, 1.165) is 33.9 Å². The summed E-state index contributed by atoms with van der Waals surface area (Å²) < 4.78 is 0. The highest BCUT2D eigenvalue weighted by molar-refractivity contribution is 6.05. The molecule has 3 N–H and O–H groups in total. The van der Waals surface area contributed by atoms with Gasteiger partial charge in [0.25, 0.3) is 5.91 Å². The summed E-state index contributed by atoms with van der Waals surface area (Å²) in [5, 5.41) is 2.92. The average Bonchev–Trinajstić information content (AvgIpc) is 2.35. The Morgan fingerprint density at radius 2 is 1.80 bits per heavy atom. The van der Waals surface area contributed by atoms with Gasteiger partial charge in [0.1, 0.15) is 0 Å². The van der Waals surface area contributed by atoms with Crippen molar-refractivity contribution in [2.45, 2.75) is 27.7 Å². The van der Waals surface area contributed by atoms with Gasteiger partial charge >= 0.3 is 0 Å². The predicted molar refractivity (Wildman–Crippen MR) is 82.0 cm³/mol. The van der Waals surface area contributed by atoms with Crippen LogP contribution in [0.2, 0.25) is 0 Å². The molecule has 1 heterocycles. The largest absolute Gasteiger partial charge is 0.399 e. The molecule has 0 unspecified atom stereocenters. The Morgan fingerprint density at radius 1 is 1.10 bits per heavy atom. The molecule has 0 saturated carbocycles. The van der Waals surface area contributed by atoms with Gasteiger partial charge in [-0.1, -0.05) is 0 Å². The number of nitrogens with two attached hydrogens (primary N) is 1. The van der Waals surface area contributed by atoms with Crippen LogP contribution in [0.25, 0.3) is 0 Å². The van der Waals surface area contributed by atoms with Crippen LogP contribution in [0.15, 0.2) is 24.3 Å². The Kier molecular flexibility index (Phi) is 3.74. The van der Waals surface area contributed by atoms with E-state index in [1.165, 1.54) is 0 Å². The molecule has 0 aliphatic carbocycles. The Morgan fingerprint density at radius 3 is 2.45 bits per heavy atom. The van der Waals surface area contributed by atoms with E-state index in [1.807, 2.05) is 45.9 Å². The maximum atomic E-state index is 12.3. The lowest BCUT2D eigenvalue weighted by molar-refractivity contribution is 0.102. The van der Waals surface area contributed by atoms with Gasteiger partial charge in [-0.25, -0.2) is 0 Å². The van der Waals surface area contributed by atoms with Gasteiger partial charge in [0.2, 0.25) is 0 Å². The van der Waals surface area contributed by atoms with Gasteiger partial charge in [-0.05, 0) is 63.1 Å². The zero-order valence-corrected chi connectivity index (χ0v) is 12.2. The summed E-state index contributed by atoms with van der Waals surface area (Å²) in [6, 6.07) is 7.39. The monoisotopic (exact) mass is 269 g/mol. The molecule has 1 aromatic heterocycles. The first-order valence-corrected chi connectivity index (χ1v) is 6.51. The summed E-state index contributed by atoms with van der Waals surface area (Å²) in [5.74, 6) is -0.151. The topological polar surface area (TPSA) is 68.0 Å². The number of aryl methyl sites for hydroxylation is 4. The van der Waals surface area contributed by atoms with Crippen LogP contribution in [0, 0.1) is 27.7 Å². The minimum atomic E-state index is -0.151. The standard InChI is InChI=1S/C16H19N3O/c1-9-8-15(10(2)7-14(9)17)19-16(20)13-6-5-11(3)18-12(13)4/h5-8H,17H2,1-4H3,(H,19,20). The van der Waals surface area contributed by atoms with Crippen LogP contribution in [-0.2, 0) is 0 Å². The molecule has 0 aliphatic rings. The highest BCUT2D eigenvalue weighted by Crippen LogP contribution is 2.23. The average molecular weight is 269 g/mol. The van der Waals surface area contributed by atoms with Crippen molar-refractivity contribution in [3.8, 4) is 0 Å². The Balaban J connectivity index is 2.30. The molecule has 0 spiro atoms. The van der Waals surface area contributed by atoms with E-state index in [4.69, 9.17) is 5.73 Å². The van der Waals surface area contributed by atoms with Gasteiger partial charge in [0.05, 0.1) is 11.3 Å². The zero-order valence-electron chi connectivity index (χ0n) is 12.2. The van der Waals surface area contributed by atoms with Gasteiger partial charge in [0, 0.05) is 17.1 Å². The number of hydrogen-bond donors (Lipinski definition) is 2. The fourth-order valence-corrected chi connectivity index (χ4v) is 2.09. The fourth-order valence-electron chi connectivity index (χ4n) is 2.09. The van der Waals surface area contributed by atoms with Crippen molar-refractivity contribution in [3.63, 3.8) is 0 Å². The quantitative estimate of drug-likeness (QED) is 0.823. The maximum Gasteiger partial charge on any atom is 0.257 e. The van der Waals surface area contributed by atoms with Crippen molar-refractivity contribution < 1.29 is 4.79 Å². The van der Waals surface area contributed by atoms with Crippen molar-refractivity contribution in [3.05, 3.63) is 52.3 Å². The molecule has 1 amide bonds. The first-order valence-electron chi connectivity index (χ1n) is 6.51. The normalized spacial score (nSPS) is 10.4. The summed E-state index contributed by atoms with van der Waals surface area (Å²) in [4.78, 5) is 16.6. The predicted octanol–water partition coefficient (Wildman–Crippen LogP) is 3.15. The number of amides is 1. The van der Waals surface area contributed by atoms with Crippen molar-refractivity contribution in [1.82, 2.24) is 4.98 Å². The first-order chi connectivity index (χ1) is 9.38. The minimum absolute atomic E-state index is 0.151. The summed E-state index contributed by atoms with van der Waals surface area (Å²) in [7, 11) is 0. The van der Waals surface area contributed by atoms with Crippen LogP contribution < -0.4 is 11.1 Å². The number of aromatic nitrogens is 1. The molecule has 0 bridgehead atoms. The molecule has 4 heteroatoms. The molecule has 104 valence electrons. The van der Waals surface area contributed by atoms with Crippen LogP contribution in [0.1, 0.15) is 32.9 Å². The van der Waals surface area contributed by atoms with E-state index >= 15 is 0 Å². The molecule has 0 radical (unpaired) electrons. The lowest BCUT2D eigenvalue weighted by atomic mass is 10.1. The number of rotatable bonds is 2. The highest BCUT2D eigenvalue weighted by atomic mass is 16.1. The number of anilines is 2. The third-order valence-corrected chi connectivity index (χ3v) is 3.33. The number of nitrogens with zero attached hydrogens (tertiary/aromatic N) is 1. The molecule has 2 rings (SSSR count). The second kappa shape index (κ2) is 5.33. The number of carbonyl (C=O) groups is 1. The van der Waals surface area contributed by atoms with E-state index in [1.54, 1.807) is 6.07 Å². The number of hydrogen-bond acceptors (Lipinski definition) is 3. The van der Waals surface area contributed by atoms with Crippen LogP contribution in [-0.4, -0.2) is 10.9 Å². The maximum absolute atomic E-state index is 12.3. The van der Waals surface area contributed by atoms with Crippen molar-refractivity contribution in [2.24, 2.45) is 0 Å². The summed E-state index contributed by atoms with van der Waals surface area (Å²) >= 11 is 0. The van der Waals surface area contributed by atoms with Crippen molar-refractivity contribution in [2.75, 3.05) is 11.1 Å². The summed E-state index contributed by atoms with van der Waals surface area (Å²) in [6.45, 7) is 7.58. The molecule has 20 heavy (non-hydrogen) atoms. The van der Waals surface area contributed by atoms with Gasteiger partial charge in [-0.2, -0.15) is 0 Å². The van der Waals surface area contributed by atoms with E-state index < -0.39 is 0 Å². The van der Waals surface area contributed by atoms with Gasteiger partial charge in [-0.15, -0.1) is 0 Å². The smallest absolute Gasteiger partial charge is 0.257 e. The van der Waals surface area contributed by atoms with Gasteiger partial charge < -0.3 is 11.1 Å². The third kappa shape index (κ3) is 2.79. The minimum Gasteiger partial charge on any atom is -0.399 e. The van der Waals surface area contributed by atoms with Gasteiger partial charge in [-0.3, -0.25) is 9.78 Å².